The zero-order valence-corrected chi connectivity index (χ0v) is 10.0. The maximum atomic E-state index is 9.20. The summed E-state index contributed by atoms with van der Waals surface area (Å²) in [5.74, 6) is 0.320. The molecule has 1 unspecified atom stereocenters. The third-order valence-electron chi connectivity index (χ3n) is 2.88. The van der Waals surface area contributed by atoms with Crippen molar-refractivity contribution in [3.05, 3.63) is 29.8 Å². The fourth-order valence-electron chi connectivity index (χ4n) is 1.53. The summed E-state index contributed by atoms with van der Waals surface area (Å²) in [4.78, 5) is 0. The van der Waals surface area contributed by atoms with Gasteiger partial charge in [0.1, 0.15) is 5.75 Å². The Hall–Kier alpha value is -1.02. The van der Waals surface area contributed by atoms with Gasteiger partial charge in [0.05, 0.1) is 0 Å². The SMILES string of the molecule is CCC(C)(C)NC(C)c1ccc(O)cc1. The summed E-state index contributed by atoms with van der Waals surface area (Å²) in [5.41, 5.74) is 1.35. The minimum atomic E-state index is 0.150. The van der Waals surface area contributed by atoms with E-state index in [9.17, 15) is 5.11 Å². The fraction of sp³-hybridized carbons (Fsp3) is 0.538. The molecule has 2 heteroatoms. The van der Waals surface area contributed by atoms with E-state index in [1.807, 2.05) is 12.1 Å². The maximum absolute atomic E-state index is 9.20. The minimum Gasteiger partial charge on any atom is -0.508 e. The van der Waals surface area contributed by atoms with E-state index in [4.69, 9.17) is 0 Å². The molecule has 0 amide bonds. The van der Waals surface area contributed by atoms with Crippen LogP contribution in [0.5, 0.6) is 5.75 Å². The van der Waals surface area contributed by atoms with Crippen LogP contribution in [0.3, 0.4) is 0 Å². The number of hydrogen-bond donors (Lipinski definition) is 2. The molecule has 0 radical (unpaired) electrons. The van der Waals surface area contributed by atoms with Crippen LogP contribution in [-0.4, -0.2) is 10.6 Å². The summed E-state index contributed by atoms with van der Waals surface area (Å²) in [6.07, 6.45) is 1.09. The molecule has 1 aromatic carbocycles. The van der Waals surface area contributed by atoms with Gasteiger partial charge in [-0.25, -0.2) is 0 Å². The minimum absolute atomic E-state index is 0.150. The molecule has 0 aliphatic carbocycles. The second-order valence-corrected chi connectivity index (χ2v) is 4.69. The van der Waals surface area contributed by atoms with Crippen molar-refractivity contribution in [2.75, 3.05) is 0 Å². The van der Waals surface area contributed by atoms with Crippen molar-refractivity contribution in [3.63, 3.8) is 0 Å². The van der Waals surface area contributed by atoms with E-state index in [0.717, 1.165) is 6.42 Å². The Kier molecular flexibility index (Phi) is 3.75. The van der Waals surface area contributed by atoms with Crippen molar-refractivity contribution in [3.8, 4) is 5.75 Å². The zero-order valence-electron chi connectivity index (χ0n) is 10.0. The van der Waals surface area contributed by atoms with E-state index in [2.05, 4.69) is 33.0 Å². The van der Waals surface area contributed by atoms with Crippen LogP contribution < -0.4 is 5.32 Å². The van der Waals surface area contributed by atoms with Gasteiger partial charge in [0, 0.05) is 11.6 Å². The van der Waals surface area contributed by atoms with Gasteiger partial charge < -0.3 is 10.4 Å². The number of phenolic OH excluding ortho intramolecular Hbond substituents is 1. The van der Waals surface area contributed by atoms with Crippen molar-refractivity contribution >= 4 is 0 Å². The topological polar surface area (TPSA) is 32.3 Å². The van der Waals surface area contributed by atoms with Gasteiger partial charge in [0.2, 0.25) is 0 Å². The van der Waals surface area contributed by atoms with Crippen molar-refractivity contribution in [2.45, 2.75) is 45.7 Å². The van der Waals surface area contributed by atoms with Crippen molar-refractivity contribution < 1.29 is 5.11 Å². The normalized spacial score (nSPS) is 13.9. The van der Waals surface area contributed by atoms with Crippen LogP contribution in [0.1, 0.15) is 45.7 Å². The van der Waals surface area contributed by atoms with Gasteiger partial charge in [0.15, 0.2) is 0 Å². The van der Waals surface area contributed by atoms with Crippen LogP contribution in [0.15, 0.2) is 24.3 Å². The Bertz CT molecular complexity index is 303. The highest BCUT2D eigenvalue weighted by molar-refractivity contribution is 5.27. The predicted molar refractivity (Wildman–Crippen MR) is 64.0 cm³/mol. The quantitative estimate of drug-likeness (QED) is 0.794. The van der Waals surface area contributed by atoms with Crippen molar-refractivity contribution in [1.29, 1.82) is 0 Å². The molecule has 1 atom stereocenters. The van der Waals surface area contributed by atoms with E-state index < -0.39 is 0 Å². The number of phenols is 1. The van der Waals surface area contributed by atoms with Crippen molar-refractivity contribution in [1.82, 2.24) is 5.32 Å². The average Bonchev–Trinajstić information content (AvgIpc) is 2.18. The summed E-state index contributed by atoms with van der Waals surface area (Å²) in [6, 6.07) is 7.68. The summed E-state index contributed by atoms with van der Waals surface area (Å²) >= 11 is 0. The molecule has 0 saturated carbocycles. The van der Waals surface area contributed by atoms with Crippen LogP contribution in [0.25, 0.3) is 0 Å². The second kappa shape index (κ2) is 4.67. The summed E-state index contributed by atoms with van der Waals surface area (Å²) in [6.45, 7) is 8.72. The number of hydrogen-bond acceptors (Lipinski definition) is 2. The Labute approximate surface area is 92.3 Å². The molecule has 0 heterocycles. The molecule has 0 fully saturated rings. The molecule has 1 rings (SSSR count). The van der Waals surface area contributed by atoms with Crippen LogP contribution in [0.4, 0.5) is 0 Å². The first kappa shape index (κ1) is 12.1. The number of rotatable bonds is 4. The molecular formula is C13H21NO. The smallest absolute Gasteiger partial charge is 0.115 e. The average molecular weight is 207 g/mol. The largest absolute Gasteiger partial charge is 0.508 e. The van der Waals surface area contributed by atoms with E-state index in [1.165, 1.54) is 5.56 Å². The molecular weight excluding hydrogens is 186 g/mol. The third-order valence-corrected chi connectivity index (χ3v) is 2.88. The molecule has 0 aliphatic rings. The van der Waals surface area contributed by atoms with Gasteiger partial charge in [-0.3, -0.25) is 0 Å². The molecule has 0 aromatic heterocycles. The lowest BCUT2D eigenvalue weighted by molar-refractivity contribution is 0.337. The summed E-state index contributed by atoms with van der Waals surface area (Å²) in [5, 5.41) is 12.8. The first-order chi connectivity index (χ1) is 6.94. The Morgan fingerprint density at radius 2 is 1.80 bits per heavy atom. The lowest BCUT2D eigenvalue weighted by atomic mass is 9.98. The molecule has 84 valence electrons. The maximum Gasteiger partial charge on any atom is 0.115 e. The van der Waals surface area contributed by atoms with Crippen LogP contribution in [0.2, 0.25) is 0 Å². The van der Waals surface area contributed by atoms with Gasteiger partial charge in [-0.1, -0.05) is 19.1 Å². The Morgan fingerprint density at radius 3 is 2.27 bits per heavy atom. The molecule has 0 spiro atoms. The first-order valence-electron chi connectivity index (χ1n) is 5.51. The Morgan fingerprint density at radius 1 is 1.27 bits per heavy atom. The first-order valence-corrected chi connectivity index (χ1v) is 5.51. The van der Waals surface area contributed by atoms with Crippen LogP contribution >= 0.6 is 0 Å². The monoisotopic (exact) mass is 207 g/mol. The standard InChI is InChI=1S/C13H21NO/c1-5-13(3,4)14-10(2)11-6-8-12(15)9-7-11/h6-10,14-15H,5H2,1-4H3. The van der Waals surface area contributed by atoms with E-state index >= 15 is 0 Å². The number of aromatic hydroxyl groups is 1. The van der Waals surface area contributed by atoms with Gasteiger partial charge in [-0.2, -0.15) is 0 Å². The van der Waals surface area contributed by atoms with Crippen LogP contribution in [-0.2, 0) is 0 Å². The zero-order chi connectivity index (χ0) is 11.5. The summed E-state index contributed by atoms with van der Waals surface area (Å²) in [7, 11) is 0. The molecule has 2 nitrogen and oxygen atoms in total. The Balaban J connectivity index is 2.69. The van der Waals surface area contributed by atoms with Gasteiger partial charge in [-0.15, -0.1) is 0 Å². The molecule has 15 heavy (non-hydrogen) atoms. The van der Waals surface area contributed by atoms with Gasteiger partial charge >= 0.3 is 0 Å². The van der Waals surface area contributed by atoms with Gasteiger partial charge in [0.25, 0.3) is 0 Å². The second-order valence-electron chi connectivity index (χ2n) is 4.69. The third kappa shape index (κ3) is 3.56. The van der Waals surface area contributed by atoms with Crippen molar-refractivity contribution in [2.24, 2.45) is 0 Å². The predicted octanol–water partition coefficient (Wildman–Crippen LogP) is 3.23. The number of benzene rings is 1. The fourth-order valence-corrected chi connectivity index (χ4v) is 1.53. The van der Waals surface area contributed by atoms with Gasteiger partial charge in [-0.05, 0) is 44.9 Å². The van der Waals surface area contributed by atoms with E-state index in [1.54, 1.807) is 12.1 Å². The highest BCUT2D eigenvalue weighted by atomic mass is 16.3. The molecule has 2 N–H and O–H groups in total. The van der Waals surface area contributed by atoms with Crippen LogP contribution in [0, 0.1) is 0 Å². The molecule has 0 bridgehead atoms. The molecule has 0 aliphatic heterocycles. The highest BCUT2D eigenvalue weighted by Crippen LogP contribution is 2.20. The van der Waals surface area contributed by atoms with E-state index in [-0.39, 0.29) is 5.54 Å². The summed E-state index contributed by atoms with van der Waals surface area (Å²) < 4.78 is 0. The molecule has 0 saturated heterocycles. The lowest BCUT2D eigenvalue weighted by Crippen LogP contribution is -2.40. The number of nitrogens with one attached hydrogen (secondary N) is 1. The highest BCUT2D eigenvalue weighted by Gasteiger charge is 2.18. The molecule has 1 aromatic rings. The lowest BCUT2D eigenvalue weighted by Gasteiger charge is -2.29. The van der Waals surface area contributed by atoms with E-state index in [0.29, 0.717) is 11.8 Å².